The van der Waals surface area contributed by atoms with Gasteiger partial charge in [0.25, 0.3) is 0 Å². The molecule has 0 spiro atoms. The number of hydrogen-bond donors (Lipinski definition) is 0. The largest absolute Gasteiger partial charge is 0.491 e. The molecule has 0 heterocycles. The van der Waals surface area contributed by atoms with Gasteiger partial charge in [0.2, 0.25) is 5.82 Å². The van der Waals surface area contributed by atoms with E-state index in [4.69, 9.17) is 9.47 Å². The highest BCUT2D eigenvalue weighted by Gasteiger charge is 2.33. The second kappa shape index (κ2) is 15.6. The van der Waals surface area contributed by atoms with E-state index in [2.05, 4.69) is 0 Å². The van der Waals surface area contributed by atoms with Crippen LogP contribution in [0.25, 0.3) is 11.1 Å². The summed E-state index contributed by atoms with van der Waals surface area (Å²) in [6, 6.07) is 8.52. The highest BCUT2D eigenvalue weighted by Crippen LogP contribution is 2.44. The van der Waals surface area contributed by atoms with Crippen molar-refractivity contribution in [3.8, 4) is 16.9 Å². The van der Waals surface area contributed by atoms with E-state index in [0.717, 1.165) is 51.4 Å². The molecule has 8 heteroatoms. The number of benzene rings is 3. The lowest BCUT2D eigenvalue weighted by atomic mass is 9.69. The lowest BCUT2D eigenvalue weighted by Crippen LogP contribution is -2.28. The quantitative estimate of drug-likeness (QED) is 0.153. The predicted octanol–water partition coefficient (Wildman–Crippen LogP) is 11.1. The van der Waals surface area contributed by atoms with E-state index in [-0.39, 0.29) is 53.2 Å². The molecule has 0 atom stereocenters. The summed E-state index contributed by atoms with van der Waals surface area (Å²) in [6.45, 7) is 3.73. The molecule has 0 N–H and O–H groups in total. The van der Waals surface area contributed by atoms with E-state index in [1.807, 2.05) is 19.1 Å². The summed E-state index contributed by atoms with van der Waals surface area (Å²) in [5, 5.41) is 0. The minimum Gasteiger partial charge on any atom is -0.491 e. The SMILES string of the molecule is C/C=C/CCc1ccc(-c2ccc(COC3CCC(C4CCC(c5ccc(OCC)c(F)c5F)CC4)CC3)c(F)c2F)c(F)c1F. The molecule has 0 radical (unpaired) electrons. The van der Waals surface area contributed by atoms with E-state index in [9.17, 15) is 17.6 Å². The fraction of sp³-hybridized carbons (Fsp3) is 0.474. The summed E-state index contributed by atoms with van der Waals surface area (Å²) < 4.78 is 99.9. The molecule has 0 aromatic heterocycles. The van der Waals surface area contributed by atoms with Crippen molar-refractivity contribution in [2.45, 2.75) is 96.7 Å². The van der Waals surface area contributed by atoms with Crippen LogP contribution in [0.2, 0.25) is 0 Å². The molecule has 0 bridgehead atoms. The average Bonchev–Trinajstić information content (AvgIpc) is 3.07. The smallest absolute Gasteiger partial charge is 0.200 e. The third-order valence-electron chi connectivity index (χ3n) is 9.88. The van der Waals surface area contributed by atoms with Crippen LogP contribution in [-0.4, -0.2) is 12.7 Å². The van der Waals surface area contributed by atoms with Crippen molar-refractivity contribution in [2.75, 3.05) is 6.61 Å². The average molecular weight is 645 g/mol. The van der Waals surface area contributed by atoms with Crippen molar-refractivity contribution < 1.29 is 35.8 Å². The van der Waals surface area contributed by atoms with Crippen LogP contribution >= 0.6 is 0 Å². The van der Waals surface area contributed by atoms with Gasteiger partial charge in [0.05, 0.1) is 19.3 Å². The fourth-order valence-corrected chi connectivity index (χ4v) is 7.27. The topological polar surface area (TPSA) is 18.5 Å². The van der Waals surface area contributed by atoms with Gasteiger partial charge in [-0.05, 0) is 113 Å². The third-order valence-corrected chi connectivity index (χ3v) is 9.88. The summed E-state index contributed by atoms with van der Waals surface area (Å²) >= 11 is 0. The number of halogens is 6. The molecule has 2 fully saturated rings. The van der Waals surface area contributed by atoms with Crippen molar-refractivity contribution in [2.24, 2.45) is 11.8 Å². The van der Waals surface area contributed by atoms with Gasteiger partial charge in [-0.2, -0.15) is 4.39 Å². The van der Waals surface area contributed by atoms with E-state index >= 15 is 8.78 Å². The van der Waals surface area contributed by atoms with Crippen molar-refractivity contribution in [3.63, 3.8) is 0 Å². The monoisotopic (exact) mass is 644 g/mol. The van der Waals surface area contributed by atoms with Crippen LogP contribution in [0.3, 0.4) is 0 Å². The number of rotatable bonds is 11. The van der Waals surface area contributed by atoms with Crippen molar-refractivity contribution in [1.82, 2.24) is 0 Å². The predicted molar refractivity (Wildman–Crippen MR) is 168 cm³/mol. The molecule has 248 valence electrons. The van der Waals surface area contributed by atoms with E-state index in [0.29, 0.717) is 30.2 Å². The summed E-state index contributed by atoms with van der Waals surface area (Å²) in [7, 11) is 0. The Morgan fingerprint density at radius 3 is 1.85 bits per heavy atom. The molecular formula is C38H42F6O2. The number of aryl methyl sites for hydroxylation is 1. The zero-order chi connectivity index (χ0) is 32.8. The molecule has 2 nitrogen and oxygen atoms in total. The minimum atomic E-state index is -1.23. The molecule has 5 rings (SSSR count). The Bertz CT molecular complexity index is 1520. The molecule has 2 saturated carbocycles. The van der Waals surface area contributed by atoms with Gasteiger partial charge in [-0.1, -0.05) is 42.5 Å². The van der Waals surface area contributed by atoms with Crippen LogP contribution in [0.5, 0.6) is 5.75 Å². The van der Waals surface area contributed by atoms with Gasteiger partial charge in [0.1, 0.15) is 0 Å². The van der Waals surface area contributed by atoms with Gasteiger partial charge < -0.3 is 9.47 Å². The fourth-order valence-electron chi connectivity index (χ4n) is 7.27. The first-order valence-electron chi connectivity index (χ1n) is 16.5. The molecule has 46 heavy (non-hydrogen) atoms. The Hall–Kier alpha value is -3.26. The first-order chi connectivity index (χ1) is 22.2. The highest BCUT2D eigenvalue weighted by molar-refractivity contribution is 5.66. The van der Waals surface area contributed by atoms with Crippen LogP contribution in [0.15, 0.2) is 48.6 Å². The number of hydrogen-bond acceptors (Lipinski definition) is 2. The molecule has 2 aliphatic carbocycles. The first kappa shape index (κ1) is 34.1. The Balaban J connectivity index is 1.12. The third kappa shape index (κ3) is 7.48. The Labute approximate surface area is 267 Å². The molecule has 0 unspecified atom stereocenters. The zero-order valence-corrected chi connectivity index (χ0v) is 26.5. The standard InChI is InChI=1S/C38H42F6O2/c1-3-5-6-7-26-14-18-30(36(42)33(26)39)31-19-15-27(34(40)37(31)43)22-46-28-16-12-24(13-17-28)23-8-10-25(11-9-23)29-20-21-32(45-4-2)38(44)35(29)41/h3,5,14-15,18-21,23-25,28H,4,6-13,16-17,22H2,1-2H3/b5-3+. The van der Waals surface area contributed by atoms with Crippen LogP contribution in [-0.2, 0) is 17.8 Å². The van der Waals surface area contributed by atoms with Gasteiger partial charge in [-0.15, -0.1) is 0 Å². The van der Waals surface area contributed by atoms with Crippen LogP contribution in [0.4, 0.5) is 26.3 Å². The number of allylic oxidation sites excluding steroid dienone is 2. The van der Waals surface area contributed by atoms with Crippen LogP contribution in [0, 0.1) is 46.7 Å². The van der Waals surface area contributed by atoms with Gasteiger partial charge in [0, 0.05) is 16.7 Å². The second-order valence-corrected chi connectivity index (χ2v) is 12.6. The summed E-state index contributed by atoms with van der Waals surface area (Å²) in [5.74, 6) is -5.33. The highest BCUT2D eigenvalue weighted by atomic mass is 19.2. The molecule has 0 saturated heterocycles. The Morgan fingerprint density at radius 1 is 0.652 bits per heavy atom. The maximum absolute atomic E-state index is 15.1. The van der Waals surface area contributed by atoms with Crippen LogP contribution in [0.1, 0.15) is 94.2 Å². The van der Waals surface area contributed by atoms with Crippen molar-refractivity contribution in [3.05, 3.63) is 100 Å². The molecule has 3 aromatic carbocycles. The lowest BCUT2D eigenvalue weighted by molar-refractivity contribution is -0.00322. The van der Waals surface area contributed by atoms with Crippen molar-refractivity contribution in [1.29, 1.82) is 0 Å². The molecule has 3 aromatic rings. The molecule has 0 aliphatic heterocycles. The van der Waals surface area contributed by atoms with Gasteiger partial charge >= 0.3 is 0 Å². The first-order valence-corrected chi connectivity index (χ1v) is 16.5. The van der Waals surface area contributed by atoms with Crippen molar-refractivity contribution >= 4 is 0 Å². The number of ether oxygens (including phenoxy) is 2. The lowest BCUT2D eigenvalue weighted by Gasteiger charge is -2.38. The maximum Gasteiger partial charge on any atom is 0.200 e. The summed E-state index contributed by atoms with van der Waals surface area (Å²) in [5.41, 5.74) is -0.00481. The summed E-state index contributed by atoms with van der Waals surface area (Å²) in [6.07, 6.45) is 11.5. The van der Waals surface area contributed by atoms with E-state index < -0.39 is 34.9 Å². The van der Waals surface area contributed by atoms with Crippen LogP contribution < -0.4 is 4.74 Å². The Morgan fingerprint density at radius 2 is 1.24 bits per heavy atom. The van der Waals surface area contributed by atoms with E-state index in [1.54, 1.807) is 13.0 Å². The van der Waals surface area contributed by atoms with Gasteiger partial charge in [-0.3, -0.25) is 0 Å². The molecule has 2 aliphatic rings. The van der Waals surface area contributed by atoms with Gasteiger partial charge in [-0.25, -0.2) is 22.0 Å². The van der Waals surface area contributed by atoms with Gasteiger partial charge in [0.15, 0.2) is 34.8 Å². The molecular weight excluding hydrogens is 602 g/mol. The zero-order valence-electron chi connectivity index (χ0n) is 26.5. The summed E-state index contributed by atoms with van der Waals surface area (Å²) in [4.78, 5) is 0. The Kier molecular flexibility index (Phi) is 11.5. The minimum absolute atomic E-state index is 0.00846. The maximum atomic E-state index is 15.1. The molecule has 0 amide bonds. The van der Waals surface area contributed by atoms with E-state index in [1.165, 1.54) is 30.3 Å². The second-order valence-electron chi connectivity index (χ2n) is 12.6. The normalized spacial score (nSPS) is 22.0.